The van der Waals surface area contributed by atoms with E-state index in [-0.39, 0.29) is 5.75 Å². The van der Waals surface area contributed by atoms with Crippen molar-refractivity contribution in [2.75, 3.05) is 39.8 Å². The van der Waals surface area contributed by atoms with Crippen molar-refractivity contribution in [1.82, 2.24) is 9.80 Å². The fraction of sp³-hybridized carbons (Fsp3) is 0.533. The first-order valence-electron chi connectivity index (χ1n) is 7.13. The van der Waals surface area contributed by atoms with E-state index in [2.05, 4.69) is 11.8 Å². The molecule has 1 aliphatic heterocycles. The van der Waals surface area contributed by atoms with Gasteiger partial charge >= 0.3 is 5.97 Å². The van der Waals surface area contributed by atoms with E-state index in [4.69, 9.17) is 4.74 Å². The van der Waals surface area contributed by atoms with Crippen molar-refractivity contribution in [2.24, 2.45) is 0 Å². The molecule has 1 heterocycles. The number of hydrogen-bond donors (Lipinski definition) is 2. The molecule has 21 heavy (non-hydrogen) atoms. The zero-order valence-corrected chi connectivity index (χ0v) is 12.5. The van der Waals surface area contributed by atoms with Crippen molar-refractivity contribution in [2.45, 2.75) is 13.0 Å². The molecule has 1 aromatic carbocycles. The summed E-state index contributed by atoms with van der Waals surface area (Å²) in [5, 5.41) is 19.2. The normalized spacial score (nSPS) is 18.4. The number of nitrogens with zero attached hydrogens (tertiary/aromatic N) is 2. The van der Waals surface area contributed by atoms with Gasteiger partial charge in [0, 0.05) is 26.2 Å². The van der Waals surface area contributed by atoms with Gasteiger partial charge in [0.25, 0.3) is 0 Å². The highest BCUT2D eigenvalue weighted by atomic mass is 16.5. The summed E-state index contributed by atoms with van der Waals surface area (Å²) in [6.07, 6.45) is 0. The number of carboxylic acids is 1. The molecule has 1 aliphatic rings. The van der Waals surface area contributed by atoms with Crippen LogP contribution in [0.25, 0.3) is 0 Å². The fourth-order valence-electron chi connectivity index (χ4n) is 2.71. The zero-order valence-electron chi connectivity index (χ0n) is 12.5. The van der Waals surface area contributed by atoms with Crippen LogP contribution in [0.15, 0.2) is 18.2 Å². The Morgan fingerprint density at radius 2 is 2.00 bits per heavy atom. The summed E-state index contributed by atoms with van der Waals surface area (Å²) in [6, 6.07) is 4.01. The summed E-state index contributed by atoms with van der Waals surface area (Å²) < 4.78 is 5.07. The summed E-state index contributed by atoms with van der Waals surface area (Å²) in [4.78, 5) is 15.9. The number of aliphatic carboxylic acids is 1. The Labute approximate surface area is 124 Å². The maximum atomic E-state index is 11.7. The lowest BCUT2D eigenvalue weighted by Gasteiger charge is -2.37. The Hall–Kier alpha value is -1.79. The van der Waals surface area contributed by atoms with Gasteiger partial charge in [0.2, 0.25) is 0 Å². The summed E-state index contributed by atoms with van der Waals surface area (Å²) in [7, 11) is 1.45. The molecule has 6 heteroatoms. The Morgan fingerprint density at radius 3 is 2.52 bits per heavy atom. The molecule has 1 atom stereocenters. The molecule has 0 saturated carbocycles. The van der Waals surface area contributed by atoms with E-state index >= 15 is 0 Å². The van der Waals surface area contributed by atoms with E-state index < -0.39 is 12.0 Å². The van der Waals surface area contributed by atoms with Crippen LogP contribution in [0.5, 0.6) is 11.5 Å². The lowest BCUT2D eigenvalue weighted by atomic mass is 10.0. The van der Waals surface area contributed by atoms with Crippen LogP contribution in [0, 0.1) is 0 Å². The molecule has 0 bridgehead atoms. The lowest BCUT2D eigenvalue weighted by Crippen LogP contribution is -2.49. The Morgan fingerprint density at radius 1 is 1.33 bits per heavy atom. The highest BCUT2D eigenvalue weighted by Crippen LogP contribution is 2.31. The number of carboxylic acid groups (broad SMARTS) is 1. The van der Waals surface area contributed by atoms with Crippen molar-refractivity contribution >= 4 is 5.97 Å². The second-order valence-corrected chi connectivity index (χ2v) is 5.14. The van der Waals surface area contributed by atoms with Crippen molar-refractivity contribution in [3.8, 4) is 11.5 Å². The minimum absolute atomic E-state index is 0.0150. The van der Waals surface area contributed by atoms with Crippen molar-refractivity contribution in [1.29, 1.82) is 0 Å². The number of aromatic hydroxyl groups is 1. The molecule has 1 fully saturated rings. The highest BCUT2D eigenvalue weighted by Gasteiger charge is 2.30. The third-order valence-electron chi connectivity index (χ3n) is 3.97. The second-order valence-electron chi connectivity index (χ2n) is 5.14. The number of phenolic OH excluding ortho intramolecular Hbond substituents is 1. The molecule has 0 aliphatic carbocycles. The second kappa shape index (κ2) is 6.78. The number of likely N-dealkylation sites (N-methyl/N-ethyl adjacent to an activating group) is 1. The molecule has 116 valence electrons. The first kappa shape index (κ1) is 15.6. The van der Waals surface area contributed by atoms with Gasteiger partial charge in [-0.1, -0.05) is 13.0 Å². The van der Waals surface area contributed by atoms with Crippen LogP contribution >= 0.6 is 0 Å². The number of ether oxygens (including phenoxy) is 1. The number of rotatable bonds is 5. The molecular formula is C15H22N2O4. The topological polar surface area (TPSA) is 73.2 Å². The van der Waals surface area contributed by atoms with Gasteiger partial charge in [-0.15, -0.1) is 0 Å². The summed E-state index contributed by atoms with van der Waals surface area (Å²) in [5.41, 5.74) is 0.627. The van der Waals surface area contributed by atoms with Gasteiger partial charge in [-0.3, -0.25) is 9.69 Å². The maximum Gasteiger partial charge on any atom is 0.325 e. The summed E-state index contributed by atoms with van der Waals surface area (Å²) >= 11 is 0. The molecule has 6 nitrogen and oxygen atoms in total. The Balaban J connectivity index is 2.21. The van der Waals surface area contributed by atoms with Gasteiger partial charge in [-0.2, -0.15) is 0 Å². The predicted molar refractivity (Wildman–Crippen MR) is 78.7 cm³/mol. The van der Waals surface area contributed by atoms with E-state index in [0.717, 1.165) is 19.6 Å². The monoisotopic (exact) mass is 294 g/mol. The van der Waals surface area contributed by atoms with Gasteiger partial charge in [0.05, 0.1) is 7.11 Å². The molecule has 2 rings (SSSR count). The molecule has 1 unspecified atom stereocenters. The van der Waals surface area contributed by atoms with E-state index in [1.54, 1.807) is 12.1 Å². The first-order chi connectivity index (χ1) is 10.1. The average Bonchev–Trinajstić information content (AvgIpc) is 2.49. The van der Waals surface area contributed by atoms with Crippen molar-refractivity contribution < 1.29 is 19.7 Å². The molecular weight excluding hydrogens is 272 g/mol. The quantitative estimate of drug-likeness (QED) is 0.849. The van der Waals surface area contributed by atoms with E-state index in [1.165, 1.54) is 13.2 Å². The third-order valence-corrected chi connectivity index (χ3v) is 3.97. The molecule has 0 aromatic heterocycles. The fourth-order valence-corrected chi connectivity index (χ4v) is 2.71. The van der Waals surface area contributed by atoms with E-state index in [0.29, 0.717) is 24.4 Å². The molecule has 1 saturated heterocycles. The van der Waals surface area contributed by atoms with Crippen molar-refractivity contribution in [3.63, 3.8) is 0 Å². The highest BCUT2D eigenvalue weighted by molar-refractivity contribution is 5.76. The van der Waals surface area contributed by atoms with Crippen LogP contribution in [0.4, 0.5) is 0 Å². The number of piperazine rings is 1. The third kappa shape index (κ3) is 3.46. The molecule has 0 spiro atoms. The van der Waals surface area contributed by atoms with Gasteiger partial charge in [0.15, 0.2) is 11.5 Å². The molecule has 1 aromatic rings. The lowest BCUT2D eigenvalue weighted by molar-refractivity contribution is -0.144. The Bertz CT molecular complexity index is 498. The van der Waals surface area contributed by atoms with Crippen LogP contribution < -0.4 is 4.74 Å². The predicted octanol–water partition coefficient (Wildman–Crippen LogP) is 1.16. The Kier molecular flexibility index (Phi) is 5.03. The summed E-state index contributed by atoms with van der Waals surface area (Å²) in [5.74, 6) is -0.570. The van der Waals surface area contributed by atoms with E-state index in [9.17, 15) is 15.0 Å². The van der Waals surface area contributed by atoms with Crippen LogP contribution in [0.1, 0.15) is 18.5 Å². The first-order valence-corrected chi connectivity index (χ1v) is 7.13. The SMILES string of the molecule is CCN1CCN(C(C(=O)O)c2ccc(O)c(OC)c2)CC1. The minimum atomic E-state index is -0.882. The largest absolute Gasteiger partial charge is 0.504 e. The number of benzene rings is 1. The average molecular weight is 294 g/mol. The summed E-state index contributed by atoms with van der Waals surface area (Å²) in [6.45, 7) is 6.26. The van der Waals surface area contributed by atoms with Gasteiger partial charge in [-0.25, -0.2) is 0 Å². The molecule has 2 N–H and O–H groups in total. The van der Waals surface area contributed by atoms with Crippen LogP contribution in [0.2, 0.25) is 0 Å². The van der Waals surface area contributed by atoms with Crippen LogP contribution in [-0.4, -0.2) is 65.8 Å². The van der Waals surface area contributed by atoms with Crippen molar-refractivity contribution in [3.05, 3.63) is 23.8 Å². The number of phenols is 1. The standard InChI is InChI=1S/C15H22N2O4/c1-3-16-6-8-17(9-7-16)14(15(19)20)11-4-5-12(18)13(10-11)21-2/h4-5,10,14,18H,3,6-9H2,1-2H3,(H,19,20). The smallest absolute Gasteiger partial charge is 0.325 e. The number of carbonyl (C=O) groups is 1. The maximum absolute atomic E-state index is 11.7. The van der Waals surface area contributed by atoms with Gasteiger partial charge in [-0.05, 0) is 24.2 Å². The minimum Gasteiger partial charge on any atom is -0.504 e. The van der Waals surface area contributed by atoms with Crippen LogP contribution in [-0.2, 0) is 4.79 Å². The van der Waals surface area contributed by atoms with Gasteiger partial charge in [0.1, 0.15) is 6.04 Å². The zero-order chi connectivity index (χ0) is 15.4. The molecule has 0 radical (unpaired) electrons. The number of hydrogen-bond acceptors (Lipinski definition) is 5. The van der Waals surface area contributed by atoms with Gasteiger partial charge < -0.3 is 19.8 Å². The number of methoxy groups -OCH3 is 1. The molecule has 0 amide bonds. The van der Waals surface area contributed by atoms with Crippen LogP contribution in [0.3, 0.4) is 0 Å². The van der Waals surface area contributed by atoms with E-state index in [1.807, 2.05) is 4.90 Å².